The number of halogens is 1. The molecule has 20 heavy (non-hydrogen) atoms. The molecule has 2 heterocycles. The summed E-state index contributed by atoms with van der Waals surface area (Å²) in [5.74, 6) is 0.244. The number of nitrogens with zero attached hydrogens (tertiary/aromatic N) is 5. The molecule has 0 fully saturated rings. The molecule has 0 aliphatic carbocycles. The molecule has 0 spiro atoms. The molecule has 0 unspecified atom stereocenters. The van der Waals surface area contributed by atoms with Crippen LogP contribution in [0.5, 0.6) is 0 Å². The van der Waals surface area contributed by atoms with Crippen molar-refractivity contribution in [3.05, 3.63) is 60.2 Å². The molecule has 3 aromatic rings. The molecule has 0 saturated heterocycles. The van der Waals surface area contributed by atoms with Crippen LogP contribution in [0.15, 0.2) is 53.9 Å². The first-order valence-electron chi connectivity index (χ1n) is 5.89. The molecule has 0 N–H and O–H groups in total. The van der Waals surface area contributed by atoms with Crippen LogP contribution < -0.4 is 0 Å². The van der Waals surface area contributed by atoms with Gasteiger partial charge in [-0.1, -0.05) is 30.0 Å². The van der Waals surface area contributed by atoms with Crippen molar-refractivity contribution in [2.24, 2.45) is 0 Å². The van der Waals surface area contributed by atoms with Crippen molar-refractivity contribution in [2.45, 2.75) is 10.9 Å². The number of rotatable bonds is 4. The van der Waals surface area contributed by atoms with Crippen LogP contribution in [0.4, 0.5) is 4.39 Å². The summed E-state index contributed by atoms with van der Waals surface area (Å²) >= 11 is 1.37. The van der Waals surface area contributed by atoms with Crippen molar-refractivity contribution >= 4 is 11.8 Å². The average Bonchev–Trinajstić information content (AvgIpc) is 2.96. The molecule has 0 radical (unpaired) electrons. The predicted molar refractivity (Wildman–Crippen MR) is 72.9 cm³/mol. The molecular formula is C13H10FN5S. The number of hydrogen-bond donors (Lipinski definition) is 0. The lowest BCUT2D eigenvalue weighted by Crippen LogP contribution is -1.99. The second kappa shape index (κ2) is 5.79. The fourth-order valence-electron chi connectivity index (χ4n) is 1.67. The van der Waals surface area contributed by atoms with Crippen molar-refractivity contribution in [1.82, 2.24) is 25.2 Å². The summed E-state index contributed by atoms with van der Waals surface area (Å²) in [6, 6.07) is 10.3. The third-order valence-electron chi connectivity index (χ3n) is 2.65. The summed E-state index contributed by atoms with van der Waals surface area (Å²) in [5, 5.41) is 12.1. The Balaban J connectivity index is 1.80. The summed E-state index contributed by atoms with van der Waals surface area (Å²) in [6.45, 7) is 0. The van der Waals surface area contributed by atoms with Crippen molar-refractivity contribution in [1.29, 1.82) is 0 Å². The topological polar surface area (TPSA) is 56.5 Å². The molecule has 2 aromatic heterocycles. The number of benzene rings is 1. The van der Waals surface area contributed by atoms with Crippen LogP contribution in [0, 0.1) is 5.82 Å². The first-order valence-corrected chi connectivity index (χ1v) is 6.88. The Morgan fingerprint density at radius 3 is 2.85 bits per heavy atom. The van der Waals surface area contributed by atoms with Gasteiger partial charge in [-0.25, -0.2) is 4.39 Å². The molecule has 0 bridgehead atoms. The van der Waals surface area contributed by atoms with Crippen LogP contribution in [0.1, 0.15) is 5.56 Å². The van der Waals surface area contributed by atoms with Crippen LogP contribution in [0.3, 0.4) is 0 Å². The number of hydrogen-bond acceptors (Lipinski definition) is 5. The maximum Gasteiger partial charge on any atom is 0.214 e. The van der Waals surface area contributed by atoms with E-state index in [0.717, 1.165) is 5.69 Å². The van der Waals surface area contributed by atoms with Crippen molar-refractivity contribution in [2.75, 3.05) is 0 Å². The molecule has 5 nitrogen and oxygen atoms in total. The van der Waals surface area contributed by atoms with Gasteiger partial charge in [0, 0.05) is 11.9 Å². The van der Waals surface area contributed by atoms with Gasteiger partial charge in [0.2, 0.25) is 5.16 Å². The lowest BCUT2D eigenvalue weighted by molar-refractivity contribution is 0.617. The van der Waals surface area contributed by atoms with Crippen LogP contribution in [0.25, 0.3) is 5.69 Å². The second-order valence-electron chi connectivity index (χ2n) is 3.96. The van der Waals surface area contributed by atoms with Crippen LogP contribution in [-0.2, 0) is 5.75 Å². The van der Waals surface area contributed by atoms with Crippen molar-refractivity contribution in [3.8, 4) is 5.69 Å². The zero-order chi connectivity index (χ0) is 13.8. The summed E-state index contributed by atoms with van der Waals surface area (Å²) in [5.41, 5.74) is 1.40. The smallest absolute Gasteiger partial charge is 0.214 e. The highest BCUT2D eigenvalue weighted by Gasteiger charge is 2.10. The van der Waals surface area contributed by atoms with Gasteiger partial charge in [0.05, 0.1) is 11.9 Å². The Kier molecular flexibility index (Phi) is 3.69. The Labute approximate surface area is 118 Å². The monoisotopic (exact) mass is 287 g/mol. The standard InChI is InChI=1S/C13H10FN5S/c14-12-6-2-1-4-10(12)9-20-13-16-17-18-19(13)11-5-3-7-15-8-11/h1-8H,9H2. The highest BCUT2D eigenvalue weighted by molar-refractivity contribution is 7.98. The third kappa shape index (κ3) is 2.67. The Morgan fingerprint density at radius 1 is 1.15 bits per heavy atom. The van der Waals surface area contributed by atoms with Gasteiger partial charge in [-0.3, -0.25) is 4.98 Å². The van der Waals surface area contributed by atoms with E-state index in [1.807, 2.05) is 18.2 Å². The zero-order valence-corrected chi connectivity index (χ0v) is 11.2. The maximum absolute atomic E-state index is 13.6. The minimum Gasteiger partial charge on any atom is -0.262 e. The predicted octanol–water partition coefficient (Wildman–Crippen LogP) is 2.49. The fraction of sp³-hybridized carbons (Fsp3) is 0.0769. The maximum atomic E-state index is 13.6. The van der Waals surface area contributed by atoms with Crippen LogP contribution in [0.2, 0.25) is 0 Å². The lowest BCUT2D eigenvalue weighted by atomic mass is 10.2. The van der Waals surface area contributed by atoms with E-state index >= 15 is 0 Å². The normalized spacial score (nSPS) is 10.7. The molecule has 0 aliphatic rings. The largest absolute Gasteiger partial charge is 0.262 e. The highest BCUT2D eigenvalue weighted by atomic mass is 32.2. The van der Waals surface area contributed by atoms with E-state index in [1.165, 1.54) is 17.8 Å². The third-order valence-corrected chi connectivity index (χ3v) is 3.61. The van der Waals surface area contributed by atoms with Gasteiger partial charge in [-0.05, 0) is 34.2 Å². The average molecular weight is 287 g/mol. The number of tetrazole rings is 1. The van der Waals surface area contributed by atoms with Crippen molar-refractivity contribution in [3.63, 3.8) is 0 Å². The van der Waals surface area contributed by atoms with Gasteiger partial charge in [0.1, 0.15) is 5.82 Å². The number of thioether (sulfide) groups is 1. The van der Waals surface area contributed by atoms with E-state index in [-0.39, 0.29) is 5.82 Å². The molecule has 0 saturated carbocycles. The summed E-state index contributed by atoms with van der Waals surface area (Å²) in [6.07, 6.45) is 3.35. The molecule has 0 amide bonds. The quantitative estimate of drug-likeness (QED) is 0.690. The Bertz CT molecular complexity index is 701. The molecular weight excluding hydrogens is 277 g/mol. The Hall–Kier alpha value is -2.28. The van der Waals surface area contributed by atoms with E-state index in [4.69, 9.17) is 0 Å². The van der Waals surface area contributed by atoms with Gasteiger partial charge >= 0.3 is 0 Å². The molecule has 3 rings (SSSR count). The lowest BCUT2D eigenvalue weighted by Gasteiger charge is -2.04. The Morgan fingerprint density at radius 2 is 2.05 bits per heavy atom. The number of pyridine rings is 1. The van der Waals surface area contributed by atoms with E-state index in [1.54, 1.807) is 29.2 Å². The molecule has 0 aliphatic heterocycles. The fourth-order valence-corrected chi connectivity index (χ4v) is 2.54. The summed E-state index contributed by atoms with van der Waals surface area (Å²) in [7, 11) is 0. The van der Waals surface area contributed by atoms with E-state index < -0.39 is 0 Å². The van der Waals surface area contributed by atoms with E-state index in [9.17, 15) is 4.39 Å². The molecule has 100 valence electrons. The highest BCUT2D eigenvalue weighted by Crippen LogP contribution is 2.23. The molecule has 7 heteroatoms. The zero-order valence-electron chi connectivity index (χ0n) is 10.3. The van der Waals surface area contributed by atoms with Gasteiger partial charge in [-0.2, -0.15) is 4.68 Å². The first-order chi connectivity index (χ1) is 9.84. The van der Waals surface area contributed by atoms with Crippen LogP contribution in [-0.4, -0.2) is 25.2 Å². The van der Waals surface area contributed by atoms with Gasteiger partial charge in [-0.15, -0.1) is 5.10 Å². The van der Waals surface area contributed by atoms with Crippen LogP contribution >= 0.6 is 11.8 Å². The van der Waals surface area contributed by atoms with Gasteiger partial charge in [0.15, 0.2) is 0 Å². The van der Waals surface area contributed by atoms with E-state index in [2.05, 4.69) is 20.5 Å². The summed E-state index contributed by atoms with van der Waals surface area (Å²) < 4.78 is 15.1. The SMILES string of the molecule is Fc1ccccc1CSc1nnnn1-c1cccnc1. The molecule has 1 aromatic carbocycles. The number of aromatic nitrogens is 5. The summed E-state index contributed by atoms with van der Waals surface area (Å²) in [4.78, 5) is 4.03. The molecule has 0 atom stereocenters. The first kappa shape index (κ1) is 12.7. The van der Waals surface area contributed by atoms with Crippen molar-refractivity contribution < 1.29 is 4.39 Å². The minimum absolute atomic E-state index is 0.222. The second-order valence-corrected chi connectivity index (χ2v) is 4.91. The van der Waals surface area contributed by atoms with E-state index in [0.29, 0.717) is 16.5 Å². The minimum atomic E-state index is -0.222. The van der Waals surface area contributed by atoms with Gasteiger partial charge in [0.25, 0.3) is 0 Å². The van der Waals surface area contributed by atoms with Gasteiger partial charge < -0.3 is 0 Å².